The maximum absolute atomic E-state index is 6.45. The molecule has 0 spiro atoms. The number of rotatable bonds is 2. The molecule has 0 atom stereocenters. The van der Waals surface area contributed by atoms with Gasteiger partial charge in [-0.1, -0.05) is 78.3 Å². The van der Waals surface area contributed by atoms with Crippen LogP contribution in [0.2, 0.25) is 5.02 Å². The molecule has 0 radical (unpaired) electrons. The van der Waals surface area contributed by atoms with Gasteiger partial charge in [-0.05, 0) is 41.0 Å². The van der Waals surface area contributed by atoms with Gasteiger partial charge in [0, 0.05) is 21.4 Å². The van der Waals surface area contributed by atoms with Crippen LogP contribution in [-0.2, 0) is 0 Å². The highest BCUT2D eigenvalue weighted by molar-refractivity contribution is 6.34. The van der Waals surface area contributed by atoms with Crippen molar-refractivity contribution >= 4 is 33.5 Å². The summed E-state index contributed by atoms with van der Waals surface area (Å²) in [5.74, 6) is 0. The summed E-state index contributed by atoms with van der Waals surface area (Å²) in [5.41, 5.74) is 6.22. The summed E-state index contributed by atoms with van der Waals surface area (Å²) >= 11 is 6.45. The molecule has 0 unspecified atom stereocenters. The fourth-order valence-electron chi connectivity index (χ4n) is 3.54. The summed E-state index contributed by atoms with van der Waals surface area (Å²) in [6.07, 6.45) is 0. The van der Waals surface area contributed by atoms with Crippen molar-refractivity contribution in [2.45, 2.75) is 0 Å². The number of hydrogen-bond donors (Lipinski definition) is 0. The topological polar surface area (TPSA) is 13.1 Å². The summed E-state index contributed by atoms with van der Waals surface area (Å²) in [6.45, 7) is 0. The van der Waals surface area contributed by atoms with E-state index >= 15 is 0 Å². The molecule has 0 N–H and O–H groups in total. The molecule has 0 saturated heterocycles. The van der Waals surface area contributed by atoms with E-state index in [2.05, 4.69) is 36.4 Å². The van der Waals surface area contributed by atoms with Crippen molar-refractivity contribution in [2.75, 3.05) is 0 Å². The molecule has 5 rings (SSSR count). The molecule has 26 heavy (non-hydrogen) atoms. The second-order valence-corrected chi connectivity index (χ2v) is 6.74. The van der Waals surface area contributed by atoms with Crippen molar-refractivity contribution in [3.63, 3.8) is 0 Å². The van der Waals surface area contributed by atoms with Crippen molar-refractivity contribution in [1.29, 1.82) is 0 Å². The van der Waals surface area contributed by atoms with Crippen molar-refractivity contribution in [3.8, 4) is 22.3 Å². The van der Waals surface area contributed by atoms with Gasteiger partial charge in [-0.2, -0.15) is 0 Å². The minimum absolute atomic E-state index is 0.746. The molecule has 0 fully saturated rings. The Morgan fingerprint density at radius 1 is 0.577 bits per heavy atom. The maximum atomic E-state index is 6.45. The fraction of sp³-hybridized carbons (Fsp3) is 0. The van der Waals surface area contributed by atoms with E-state index in [-0.39, 0.29) is 0 Å². The number of furan rings is 1. The van der Waals surface area contributed by atoms with Crippen LogP contribution in [0, 0.1) is 0 Å². The van der Waals surface area contributed by atoms with Gasteiger partial charge in [-0.15, -0.1) is 0 Å². The Balaban J connectivity index is 1.79. The molecule has 4 aromatic carbocycles. The largest absolute Gasteiger partial charge is 0.456 e. The maximum Gasteiger partial charge on any atom is 0.136 e. The lowest BCUT2D eigenvalue weighted by Crippen LogP contribution is -1.81. The lowest BCUT2D eigenvalue weighted by Gasteiger charge is -2.06. The molecular formula is C24H15ClO. The van der Waals surface area contributed by atoms with Crippen LogP contribution in [0.5, 0.6) is 0 Å². The lowest BCUT2D eigenvalue weighted by molar-refractivity contribution is 0.669. The van der Waals surface area contributed by atoms with Gasteiger partial charge in [-0.25, -0.2) is 0 Å². The molecule has 0 aliphatic heterocycles. The van der Waals surface area contributed by atoms with Gasteiger partial charge in [0.1, 0.15) is 11.2 Å². The predicted molar refractivity (Wildman–Crippen MR) is 110 cm³/mol. The molecule has 0 bridgehead atoms. The molecule has 124 valence electrons. The Kier molecular flexibility index (Phi) is 3.55. The van der Waals surface area contributed by atoms with Crippen LogP contribution in [0.25, 0.3) is 44.2 Å². The highest BCUT2D eigenvalue weighted by Gasteiger charge is 2.14. The van der Waals surface area contributed by atoms with E-state index in [1.54, 1.807) is 0 Å². The first-order valence-corrected chi connectivity index (χ1v) is 8.95. The number of benzene rings is 4. The third-order valence-corrected chi connectivity index (χ3v) is 5.10. The quantitative estimate of drug-likeness (QED) is 0.318. The van der Waals surface area contributed by atoms with E-state index in [1.807, 2.05) is 54.6 Å². The minimum Gasteiger partial charge on any atom is -0.456 e. The smallest absolute Gasteiger partial charge is 0.136 e. The van der Waals surface area contributed by atoms with Crippen LogP contribution >= 0.6 is 11.6 Å². The first-order chi connectivity index (χ1) is 12.8. The first kappa shape index (κ1) is 15.2. The third-order valence-electron chi connectivity index (χ3n) is 4.77. The molecule has 0 saturated carbocycles. The molecule has 5 aromatic rings. The van der Waals surface area contributed by atoms with Gasteiger partial charge in [0.25, 0.3) is 0 Å². The summed E-state index contributed by atoms with van der Waals surface area (Å²) < 4.78 is 6.17. The van der Waals surface area contributed by atoms with Gasteiger partial charge < -0.3 is 4.42 Å². The fourth-order valence-corrected chi connectivity index (χ4v) is 3.78. The monoisotopic (exact) mass is 354 g/mol. The second kappa shape index (κ2) is 6.05. The average Bonchev–Trinajstić information content (AvgIpc) is 3.07. The molecule has 1 heterocycles. The summed E-state index contributed by atoms with van der Waals surface area (Å²) in [5, 5.41) is 2.96. The molecule has 2 heteroatoms. The molecular weight excluding hydrogens is 340 g/mol. The normalized spacial score (nSPS) is 11.3. The van der Waals surface area contributed by atoms with E-state index in [0.717, 1.165) is 43.7 Å². The SMILES string of the molecule is Clc1ccccc1-c1cccc2oc3cc(-c4ccccc4)ccc3c12. The van der Waals surface area contributed by atoms with Gasteiger partial charge in [0.2, 0.25) is 0 Å². The Morgan fingerprint density at radius 3 is 2.19 bits per heavy atom. The van der Waals surface area contributed by atoms with Crippen LogP contribution in [0.3, 0.4) is 0 Å². The standard InChI is InChI=1S/C24H15ClO/c25-21-11-5-4-9-18(21)19-10-6-12-22-24(19)20-14-13-17(15-23(20)26-22)16-7-2-1-3-8-16/h1-15H. The number of fused-ring (bicyclic) bond motifs is 3. The number of hydrogen-bond acceptors (Lipinski definition) is 1. The Morgan fingerprint density at radius 2 is 1.35 bits per heavy atom. The Bertz CT molecular complexity index is 1240. The van der Waals surface area contributed by atoms with Crippen molar-refractivity contribution < 1.29 is 4.42 Å². The summed E-state index contributed by atoms with van der Waals surface area (Å²) in [6, 6.07) is 30.8. The zero-order valence-electron chi connectivity index (χ0n) is 13.9. The Hall–Kier alpha value is -3.03. The van der Waals surface area contributed by atoms with E-state index in [4.69, 9.17) is 16.0 Å². The Labute approximate surface area is 156 Å². The summed E-state index contributed by atoms with van der Waals surface area (Å²) in [7, 11) is 0. The van der Waals surface area contributed by atoms with Crippen LogP contribution in [0.15, 0.2) is 95.4 Å². The van der Waals surface area contributed by atoms with Gasteiger partial charge in [-0.3, -0.25) is 0 Å². The third kappa shape index (κ3) is 2.40. The van der Waals surface area contributed by atoms with E-state index < -0.39 is 0 Å². The van der Waals surface area contributed by atoms with Crippen LogP contribution in [-0.4, -0.2) is 0 Å². The highest BCUT2D eigenvalue weighted by Crippen LogP contribution is 2.39. The molecule has 0 aliphatic carbocycles. The molecule has 0 amide bonds. The second-order valence-electron chi connectivity index (χ2n) is 6.34. The van der Waals surface area contributed by atoms with Gasteiger partial charge in [0.15, 0.2) is 0 Å². The molecule has 1 nitrogen and oxygen atoms in total. The highest BCUT2D eigenvalue weighted by atomic mass is 35.5. The number of halogens is 1. The van der Waals surface area contributed by atoms with Gasteiger partial charge >= 0.3 is 0 Å². The average molecular weight is 355 g/mol. The lowest BCUT2D eigenvalue weighted by atomic mass is 9.98. The minimum atomic E-state index is 0.746. The van der Waals surface area contributed by atoms with Gasteiger partial charge in [0.05, 0.1) is 0 Å². The van der Waals surface area contributed by atoms with Crippen LogP contribution < -0.4 is 0 Å². The van der Waals surface area contributed by atoms with Crippen LogP contribution in [0.4, 0.5) is 0 Å². The first-order valence-electron chi connectivity index (χ1n) is 8.57. The van der Waals surface area contributed by atoms with E-state index in [1.165, 1.54) is 5.56 Å². The molecule has 0 aliphatic rings. The van der Waals surface area contributed by atoms with E-state index in [0.29, 0.717) is 0 Å². The van der Waals surface area contributed by atoms with Crippen molar-refractivity contribution in [3.05, 3.63) is 96.0 Å². The zero-order valence-corrected chi connectivity index (χ0v) is 14.7. The zero-order chi connectivity index (χ0) is 17.5. The van der Waals surface area contributed by atoms with Crippen molar-refractivity contribution in [1.82, 2.24) is 0 Å². The molecule has 1 aromatic heterocycles. The van der Waals surface area contributed by atoms with Crippen molar-refractivity contribution in [2.24, 2.45) is 0 Å². The van der Waals surface area contributed by atoms with E-state index in [9.17, 15) is 0 Å². The van der Waals surface area contributed by atoms with Crippen LogP contribution in [0.1, 0.15) is 0 Å². The predicted octanol–water partition coefficient (Wildman–Crippen LogP) is 7.57. The summed E-state index contributed by atoms with van der Waals surface area (Å²) in [4.78, 5) is 0.